The van der Waals surface area contributed by atoms with Crippen LogP contribution in [-0.4, -0.2) is 0 Å². The summed E-state index contributed by atoms with van der Waals surface area (Å²) in [5.74, 6) is 1.13. The van der Waals surface area contributed by atoms with Gasteiger partial charge in [-0.15, -0.1) is 0 Å². The molecule has 0 unspecified atom stereocenters. The van der Waals surface area contributed by atoms with Crippen LogP contribution in [0.15, 0.2) is 142 Å². The molecule has 0 atom stereocenters. The molecule has 0 bridgehead atoms. The molecule has 2 aliphatic rings. The molecule has 0 N–H and O–H groups in total. The Morgan fingerprint density at radius 2 is 0.944 bits per heavy atom. The van der Waals surface area contributed by atoms with Gasteiger partial charge in [-0.1, -0.05) is 141 Å². The maximum absolute atomic E-state index is 8.62. The Hall–Kier alpha value is -7.80. The third kappa shape index (κ3) is 7.97. The van der Waals surface area contributed by atoms with Crippen molar-refractivity contribution in [2.24, 2.45) is 14.1 Å². The zero-order chi connectivity index (χ0) is 57.6. The Bertz CT molecular complexity index is 4340. The summed E-state index contributed by atoms with van der Waals surface area (Å²) >= 11 is 0. The second-order valence-corrected chi connectivity index (χ2v) is 19.4. The van der Waals surface area contributed by atoms with E-state index in [1.165, 1.54) is 74.6 Å². The molecule has 71 heavy (non-hydrogen) atoms. The summed E-state index contributed by atoms with van der Waals surface area (Å²) in [5.41, 5.74) is 13.9. The summed E-state index contributed by atoms with van der Waals surface area (Å²) in [7, 11) is 4.14. The quantitative estimate of drug-likeness (QED) is 0.123. The minimum Gasteiger partial charge on any atom is -0.456 e. The van der Waals surface area contributed by atoms with E-state index in [1.807, 2.05) is 31.2 Å². The molecule has 6 nitrogen and oxygen atoms in total. The Labute approximate surface area is 431 Å². The van der Waals surface area contributed by atoms with Crippen molar-refractivity contribution in [1.82, 2.24) is 0 Å². The van der Waals surface area contributed by atoms with E-state index in [-0.39, 0.29) is 57.8 Å². The molecule has 6 aromatic carbocycles. The van der Waals surface area contributed by atoms with E-state index < -0.39 is 36.3 Å². The number of furan rings is 2. The van der Waals surface area contributed by atoms with Gasteiger partial charge in [0.05, 0.1) is 38.0 Å². The lowest BCUT2D eigenvalue weighted by molar-refractivity contribution is -0.667. The van der Waals surface area contributed by atoms with Crippen LogP contribution in [0.3, 0.4) is 0 Å². The highest BCUT2D eigenvalue weighted by Crippen LogP contribution is 2.47. The first kappa shape index (κ1) is 35.3. The van der Waals surface area contributed by atoms with Crippen LogP contribution in [0.2, 0.25) is 0 Å². The fourth-order valence-corrected chi connectivity index (χ4v) is 11.5. The lowest BCUT2D eigenvalue weighted by atomic mass is 9.83. The number of pyridine rings is 2. The van der Waals surface area contributed by atoms with Crippen LogP contribution >= 0.6 is 0 Å². The topological polar surface area (TPSA) is 42.8 Å². The molecule has 0 radical (unpaired) electrons. The molecule has 2 saturated carbocycles. The van der Waals surface area contributed by atoms with Crippen LogP contribution in [0, 0.1) is 40.8 Å². The Balaban J connectivity index is 0.000000170. The zero-order valence-corrected chi connectivity index (χ0v) is 41.1. The van der Waals surface area contributed by atoms with Crippen molar-refractivity contribution in [3.8, 4) is 44.8 Å². The third-order valence-corrected chi connectivity index (χ3v) is 15.4. The fraction of sp³-hybridized carbons (Fsp3) is 0.262. The van der Waals surface area contributed by atoms with E-state index in [4.69, 9.17) is 35.7 Å². The van der Waals surface area contributed by atoms with Gasteiger partial charge in [0, 0.05) is 70.3 Å². The van der Waals surface area contributed by atoms with E-state index in [9.17, 15) is 0 Å². The number of hydrogen-bond acceptors (Lipinski definition) is 2. The Morgan fingerprint density at radius 3 is 1.45 bits per heavy atom. The molecule has 0 saturated heterocycles. The lowest BCUT2D eigenvalue weighted by Gasteiger charge is -2.22. The van der Waals surface area contributed by atoms with E-state index in [0.717, 1.165) is 60.9 Å². The minimum absolute atomic E-state index is 0.0226. The smallest absolute Gasteiger partial charge is 0.216 e. The van der Waals surface area contributed by atoms with Gasteiger partial charge in [-0.25, -0.2) is 9.69 Å². The van der Waals surface area contributed by atoms with Crippen molar-refractivity contribution in [3.05, 3.63) is 190 Å². The van der Waals surface area contributed by atoms with Gasteiger partial charge in [0.1, 0.15) is 36.4 Å². The predicted molar refractivity (Wildman–Crippen MR) is 290 cm³/mol. The summed E-state index contributed by atoms with van der Waals surface area (Å²) in [4.78, 5) is 7.32. The maximum Gasteiger partial charge on any atom is 0.216 e. The summed E-state index contributed by atoms with van der Waals surface area (Å²) in [6.07, 6.45) is 11.2. The molecule has 4 aromatic heterocycles. The maximum atomic E-state index is 8.62. The van der Waals surface area contributed by atoms with E-state index in [1.54, 1.807) is 12.1 Å². The second kappa shape index (κ2) is 18.8. The molecular weight excluding hydrogens is 869 g/mol. The molecule has 0 amide bonds. The van der Waals surface area contributed by atoms with Crippen LogP contribution in [-0.2, 0) is 14.1 Å². The number of hydrogen-bond donors (Lipinski definition) is 0. The number of aryl methyl sites for hydroxylation is 3. The van der Waals surface area contributed by atoms with Gasteiger partial charge in [-0.05, 0) is 85.3 Å². The van der Waals surface area contributed by atoms with Gasteiger partial charge in [0.2, 0.25) is 11.4 Å². The highest BCUT2D eigenvalue weighted by molar-refractivity contribution is 6.16. The standard InChI is InChI=1S/C33H31N2O.C32H29N2O/c1-21-15-16-26-27-17-18-28(34-3)31(24-13-9-6-10-14-24)33(27)36-32(26)30(21)29-20-25(19-22(2)35(29)4)23-11-7-5-8-12-23;1-20-14-15-25-26-16-18-27(33-3)30(23-12-6-5-7-13-23)32(26)35-31(25)29(20)28-19-17-24(21(2)34(28)4)22-10-8-9-11-22/h6,9-10,13-20,23H,5,7-8,11-12H2,1-2,4H3;5-7,12-19,22H,8-11H2,1-2,4H3/q2*+1/i6D,9D,10D,13D,14D;5D,6D,7D,12D,13D. The molecule has 2 aliphatic carbocycles. The van der Waals surface area contributed by atoms with Crippen LogP contribution in [0.25, 0.3) is 98.3 Å². The number of fused-ring (bicyclic) bond motifs is 6. The molecule has 0 aliphatic heterocycles. The summed E-state index contributed by atoms with van der Waals surface area (Å²) < 4.78 is 101. The summed E-state index contributed by atoms with van der Waals surface area (Å²) in [6, 6.07) is 19.9. The Morgan fingerprint density at radius 1 is 0.493 bits per heavy atom. The summed E-state index contributed by atoms with van der Waals surface area (Å²) in [5, 5.41) is 3.16. The first-order valence-electron chi connectivity index (χ1n) is 29.7. The van der Waals surface area contributed by atoms with Crippen LogP contribution in [0.5, 0.6) is 0 Å². The van der Waals surface area contributed by atoms with Gasteiger partial charge in [-0.3, -0.25) is 0 Å². The third-order valence-electron chi connectivity index (χ3n) is 15.4. The predicted octanol–water partition coefficient (Wildman–Crippen LogP) is 17.5. The summed E-state index contributed by atoms with van der Waals surface area (Å²) in [6.45, 7) is 24.1. The largest absolute Gasteiger partial charge is 0.456 e. The van der Waals surface area contributed by atoms with Crippen LogP contribution < -0.4 is 9.13 Å². The van der Waals surface area contributed by atoms with Crippen molar-refractivity contribution in [2.75, 3.05) is 0 Å². The normalized spacial score (nSPS) is 16.2. The average Bonchev–Trinajstić information content (AvgIpc) is 3.33. The highest BCUT2D eigenvalue weighted by atomic mass is 16.3. The van der Waals surface area contributed by atoms with E-state index in [0.29, 0.717) is 34.2 Å². The average molecular weight is 939 g/mol. The van der Waals surface area contributed by atoms with Crippen molar-refractivity contribution in [1.29, 1.82) is 0 Å². The van der Waals surface area contributed by atoms with Gasteiger partial charge >= 0.3 is 0 Å². The molecule has 0 spiro atoms. The second-order valence-electron chi connectivity index (χ2n) is 19.4. The SMILES string of the molecule is [2H]c1c([2H])c([2H])c(-c2c([N+]#[C-])ccc3c2oc2c(-c4cc(C5CCCCC5)cc(C)[n+]4C)c(C)ccc23)c([2H])c1[2H].[2H]c1c([2H])c([2H])c(-c2c([N+]#[C-])ccc3c2oc2c(-c4ccc(C5CCCC5)c(C)[n+]4C)c(C)ccc23)c([2H])c1[2H]. The number of nitrogens with zero attached hydrogens (tertiary/aromatic N) is 4. The molecule has 12 rings (SSSR count). The van der Waals surface area contributed by atoms with Gasteiger partial charge in [-0.2, -0.15) is 9.13 Å². The van der Waals surface area contributed by atoms with Gasteiger partial charge in [0.15, 0.2) is 22.8 Å². The van der Waals surface area contributed by atoms with Crippen molar-refractivity contribution in [2.45, 2.75) is 97.3 Å². The molecule has 2 fully saturated rings. The molecule has 350 valence electrons. The number of benzene rings is 6. The minimum atomic E-state index is -0.471. The molecule has 10 aromatic rings. The van der Waals surface area contributed by atoms with Crippen molar-refractivity contribution >= 4 is 55.3 Å². The van der Waals surface area contributed by atoms with Crippen LogP contribution in [0.1, 0.15) is 117 Å². The lowest BCUT2D eigenvalue weighted by Crippen LogP contribution is -2.36. The zero-order valence-electron chi connectivity index (χ0n) is 51.1. The number of rotatable bonds is 6. The van der Waals surface area contributed by atoms with Crippen molar-refractivity contribution in [3.63, 3.8) is 0 Å². The van der Waals surface area contributed by atoms with Crippen LogP contribution in [0.4, 0.5) is 11.4 Å². The molecule has 4 heterocycles. The molecular formula is C65H60N4O2+2. The van der Waals surface area contributed by atoms with Gasteiger partial charge < -0.3 is 8.83 Å². The fourth-order valence-electron chi connectivity index (χ4n) is 11.5. The first-order valence-corrected chi connectivity index (χ1v) is 24.7. The Kier molecular flexibility index (Phi) is 9.37. The van der Waals surface area contributed by atoms with E-state index in [2.05, 4.69) is 90.1 Å². The van der Waals surface area contributed by atoms with E-state index >= 15 is 0 Å². The number of aromatic nitrogens is 2. The molecule has 6 heteroatoms. The monoisotopic (exact) mass is 939 g/mol. The van der Waals surface area contributed by atoms with Crippen molar-refractivity contribution < 1.29 is 31.7 Å². The van der Waals surface area contributed by atoms with Gasteiger partial charge in [0.25, 0.3) is 0 Å². The first-order chi connectivity index (χ1) is 38.8. The highest BCUT2D eigenvalue weighted by Gasteiger charge is 2.29.